The molecule has 12 heteroatoms. The molecule has 1 aliphatic carbocycles. The van der Waals surface area contributed by atoms with Gasteiger partial charge in [-0.25, -0.2) is 9.59 Å². The number of nitrogens with zero attached hydrogens (tertiary/aromatic N) is 2. The van der Waals surface area contributed by atoms with E-state index >= 15 is 0 Å². The molecule has 0 spiro atoms. The second kappa shape index (κ2) is 11.7. The van der Waals surface area contributed by atoms with Crippen LogP contribution in [-0.4, -0.2) is 47.8 Å². The summed E-state index contributed by atoms with van der Waals surface area (Å²) < 4.78 is 63.6. The Bertz CT molecular complexity index is 1110. The van der Waals surface area contributed by atoms with Crippen LogP contribution in [0.4, 0.5) is 33.7 Å². The standard InChI is InChI=1S/C25H29F4N3O5/c1-14(2)17-6-4-5-7-19(17)32(16-10-8-15(9-11-16)25(28,29)22(33)34)24(35)30-18-12-13-20(36-3)31-21(18)37-23(26)27/h4-7,12-16,23H,8-11H2,1-3H3,(H,30,35)(H,33,34). The van der Waals surface area contributed by atoms with Crippen LogP contribution in [0, 0.1) is 5.92 Å². The van der Waals surface area contributed by atoms with Gasteiger partial charge < -0.3 is 19.9 Å². The lowest BCUT2D eigenvalue weighted by Gasteiger charge is -2.39. The minimum absolute atomic E-state index is 0.000404. The van der Waals surface area contributed by atoms with Crippen molar-refractivity contribution in [3.05, 3.63) is 42.0 Å². The summed E-state index contributed by atoms with van der Waals surface area (Å²) in [6.45, 7) is 0.654. The number of carbonyl (C=O) groups is 2. The fraction of sp³-hybridized carbons (Fsp3) is 0.480. The Morgan fingerprint density at radius 1 is 1.11 bits per heavy atom. The number of amides is 2. The number of carboxylic acid groups (broad SMARTS) is 1. The number of aliphatic carboxylic acids is 1. The Labute approximate surface area is 211 Å². The van der Waals surface area contributed by atoms with Gasteiger partial charge in [-0.05, 0) is 49.3 Å². The molecule has 202 valence electrons. The summed E-state index contributed by atoms with van der Waals surface area (Å²) in [4.78, 5) is 29.9. The van der Waals surface area contributed by atoms with Crippen molar-refractivity contribution >= 4 is 23.4 Å². The van der Waals surface area contributed by atoms with Crippen LogP contribution in [0.5, 0.6) is 11.8 Å². The van der Waals surface area contributed by atoms with E-state index in [0.29, 0.717) is 5.69 Å². The van der Waals surface area contributed by atoms with E-state index in [-0.39, 0.29) is 43.2 Å². The van der Waals surface area contributed by atoms with E-state index in [1.54, 1.807) is 18.2 Å². The van der Waals surface area contributed by atoms with E-state index in [1.807, 2.05) is 19.9 Å². The fourth-order valence-corrected chi connectivity index (χ4v) is 4.52. The van der Waals surface area contributed by atoms with Gasteiger partial charge in [0, 0.05) is 23.7 Å². The summed E-state index contributed by atoms with van der Waals surface area (Å²) in [6.07, 6.45) is 0.0200. The molecule has 0 bridgehead atoms. The highest BCUT2D eigenvalue weighted by molar-refractivity contribution is 6.03. The number of pyridine rings is 1. The molecule has 1 aliphatic rings. The van der Waals surface area contributed by atoms with E-state index in [1.165, 1.54) is 24.1 Å². The topological polar surface area (TPSA) is 101 Å². The number of hydrogen-bond donors (Lipinski definition) is 2. The number of ether oxygens (including phenoxy) is 2. The third kappa shape index (κ3) is 6.41. The minimum atomic E-state index is -3.87. The molecule has 1 fully saturated rings. The number of rotatable bonds is 9. The van der Waals surface area contributed by atoms with Crippen molar-refractivity contribution in [2.24, 2.45) is 5.92 Å². The van der Waals surface area contributed by atoms with Crippen LogP contribution in [0.3, 0.4) is 0 Å². The van der Waals surface area contributed by atoms with Crippen molar-refractivity contribution in [2.45, 2.75) is 64.0 Å². The lowest BCUT2D eigenvalue weighted by molar-refractivity contribution is -0.175. The number of urea groups is 1. The molecular formula is C25H29F4N3O5. The first-order chi connectivity index (χ1) is 17.4. The zero-order valence-corrected chi connectivity index (χ0v) is 20.6. The zero-order valence-electron chi connectivity index (χ0n) is 20.6. The Balaban J connectivity index is 1.95. The molecule has 0 radical (unpaired) electrons. The first-order valence-corrected chi connectivity index (χ1v) is 11.8. The molecule has 2 aromatic rings. The zero-order chi connectivity index (χ0) is 27.3. The highest BCUT2D eigenvalue weighted by Crippen LogP contribution is 2.41. The van der Waals surface area contributed by atoms with Crippen LogP contribution in [0.25, 0.3) is 0 Å². The highest BCUT2D eigenvalue weighted by Gasteiger charge is 2.49. The van der Waals surface area contributed by atoms with Crippen molar-refractivity contribution < 1.29 is 41.7 Å². The Hall–Kier alpha value is -3.57. The minimum Gasteiger partial charge on any atom is -0.481 e. The summed E-state index contributed by atoms with van der Waals surface area (Å²) in [5.74, 6) is -7.96. The third-order valence-electron chi connectivity index (χ3n) is 6.38. The fourth-order valence-electron chi connectivity index (χ4n) is 4.52. The van der Waals surface area contributed by atoms with Crippen LogP contribution in [0.2, 0.25) is 0 Å². The highest BCUT2D eigenvalue weighted by atomic mass is 19.3. The van der Waals surface area contributed by atoms with Gasteiger partial charge >= 0.3 is 24.5 Å². The second-order valence-corrected chi connectivity index (χ2v) is 9.03. The van der Waals surface area contributed by atoms with Gasteiger partial charge in [0.15, 0.2) is 0 Å². The number of aromatic nitrogens is 1. The molecule has 0 aliphatic heterocycles. The number of hydrogen-bond acceptors (Lipinski definition) is 5. The number of carboxylic acids is 1. The van der Waals surface area contributed by atoms with Crippen LogP contribution < -0.4 is 19.7 Å². The van der Waals surface area contributed by atoms with Gasteiger partial charge in [0.25, 0.3) is 0 Å². The Kier molecular flexibility index (Phi) is 8.82. The Morgan fingerprint density at radius 3 is 2.32 bits per heavy atom. The summed E-state index contributed by atoms with van der Waals surface area (Å²) >= 11 is 0. The summed E-state index contributed by atoms with van der Waals surface area (Å²) in [5, 5.41) is 11.5. The number of methoxy groups -OCH3 is 1. The van der Waals surface area contributed by atoms with Crippen molar-refractivity contribution in [2.75, 3.05) is 17.3 Å². The van der Waals surface area contributed by atoms with Crippen molar-refractivity contribution in [1.29, 1.82) is 0 Å². The summed E-state index contributed by atoms with van der Waals surface area (Å²) in [7, 11) is 1.29. The molecule has 3 rings (SSSR count). The number of benzene rings is 1. The van der Waals surface area contributed by atoms with Crippen LogP contribution in [0.1, 0.15) is 51.0 Å². The predicted octanol–water partition coefficient (Wildman–Crippen LogP) is 6.13. The van der Waals surface area contributed by atoms with E-state index in [9.17, 15) is 27.2 Å². The molecule has 1 aromatic carbocycles. The van der Waals surface area contributed by atoms with Gasteiger partial charge in [0.05, 0.1) is 7.11 Å². The second-order valence-electron chi connectivity index (χ2n) is 9.03. The maximum Gasteiger partial charge on any atom is 0.388 e. The van der Waals surface area contributed by atoms with Gasteiger partial charge in [-0.1, -0.05) is 32.0 Å². The first-order valence-electron chi connectivity index (χ1n) is 11.8. The van der Waals surface area contributed by atoms with Crippen LogP contribution in [-0.2, 0) is 4.79 Å². The number of alkyl halides is 4. The molecule has 1 heterocycles. The van der Waals surface area contributed by atoms with Crippen molar-refractivity contribution in [1.82, 2.24) is 4.98 Å². The van der Waals surface area contributed by atoms with Gasteiger partial charge in [0.2, 0.25) is 11.8 Å². The molecule has 0 saturated heterocycles. The average molecular weight is 528 g/mol. The quantitative estimate of drug-likeness (QED) is 0.381. The summed E-state index contributed by atoms with van der Waals surface area (Å²) in [6, 6.07) is 8.50. The lowest BCUT2D eigenvalue weighted by Crippen LogP contribution is -2.48. The Morgan fingerprint density at radius 2 is 1.76 bits per heavy atom. The molecule has 8 nitrogen and oxygen atoms in total. The molecule has 2 amide bonds. The number of carbonyl (C=O) groups excluding carboxylic acids is 1. The smallest absolute Gasteiger partial charge is 0.388 e. The van der Waals surface area contributed by atoms with E-state index < -0.39 is 42.4 Å². The molecule has 37 heavy (non-hydrogen) atoms. The van der Waals surface area contributed by atoms with Crippen LogP contribution in [0.15, 0.2) is 36.4 Å². The number of para-hydroxylation sites is 1. The predicted molar refractivity (Wildman–Crippen MR) is 128 cm³/mol. The van der Waals surface area contributed by atoms with Crippen LogP contribution >= 0.6 is 0 Å². The largest absolute Gasteiger partial charge is 0.481 e. The molecule has 1 aromatic heterocycles. The van der Waals surface area contributed by atoms with E-state index in [0.717, 1.165) is 5.56 Å². The van der Waals surface area contributed by atoms with Crippen molar-refractivity contribution in [3.63, 3.8) is 0 Å². The first kappa shape index (κ1) is 28.0. The number of anilines is 2. The normalized spacial score (nSPS) is 18.0. The molecule has 0 unspecified atom stereocenters. The van der Waals surface area contributed by atoms with Gasteiger partial charge in [-0.15, -0.1) is 0 Å². The molecule has 2 N–H and O–H groups in total. The lowest BCUT2D eigenvalue weighted by atomic mass is 9.81. The van der Waals surface area contributed by atoms with Gasteiger partial charge in [0.1, 0.15) is 5.69 Å². The number of halogens is 4. The third-order valence-corrected chi connectivity index (χ3v) is 6.38. The summed E-state index contributed by atoms with van der Waals surface area (Å²) in [5.41, 5.74) is 1.21. The van der Waals surface area contributed by atoms with Crippen molar-refractivity contribution in [3.8, 4) is 11.8 Å². The molecule has 0 atom stereocenters. The SMILES string of the molecule is COc1ccc(NC(=O)N(c2ccccc2C(C)C)C2CCC(C(F)(F)C(=O)O)CC2)c(OC(F)F)n1. The monoisotopic (exact) mass is 527 g/mol. The number of nitrogens with one attached hydrogen (secondary N) is 1. The average Bonchev–Trinajstić information content (AvgIpc) is 2.85. The molecule has 1 saturated carbocycles. The van der Waals surface area contributed by atoms with Gasteiger partial charge in [-0.2, -0.15) is 22.5 Å². The van der Waals surface area contributed by atoms with Gasteiger partial charge in [-0.3, -0.25) is 4.90 Å². The van der Waals surface area contributed by atoms with E-state index in [4.69, 9.17) is 9.84 Å². The maximum absolute atomic E-state index is 14.1. The molecular weight excluding hydrogens is 498 g/mol. The van der Waals surface area contributed by atoms with E-state index in [2.05, 4.69) is 15.0 Å². The maximum atomic E-state index is 14.1.